The zero-order chi connectivity index (χ0) is 13.7. The monoisotopic (exact) mass is 254 g/mol. The minimum absolute atomic E-state index is 0.123. The molecule has 0 saturated carbocycles. The van der Waals surface area contributed by atoms with Gasteiger partial charge in [0.2, 0.25) is 0 Å². The minimum Gasteiger partial charge on any atom is -0.493 e. The number of nitrogens with two attached hydrogens (primary N) is 1. The largest absolute Gasteiger partial charge is 0.493 e. The Morgan fingerprint density at radius 3 is 2.61 bits per heavy atom. The van der Waals surface area contributed by atoms with Crippen LogP contribution >= 0.6 is 0 Å². The van der Waals surface area contributed by atoms with Crippen LogP contribution in [0.25, 0.3) is 0 Å². The lowest BCUT2D eigenvalue weighted by atomic mass is 10.2. The van der Waals surface area contributed by atoms with Crippen molar-refractivity contribution in [2.45, 2.75) is 19.4 Å². The van der Waals surface area contributed by atoms with E-state index in [-0.39, 0.29) is 11.4 Å². The average molecular weight is 254 g/mol. The first kappa shape index (κ1) is 13.8. The molecule has 7 heteroatoms. The lowest BCUT2D eigenvalue weighted by Gasteiger charge is -2.16. The van der Waals surface area contributed by atoms with Gasteiger partial charge in [-0.25, -0.2) is 0 Å². The molecule has 0 radical (unpaired) electrons. The van der Waals surface area contributed by atoms with Gasteiger partial charge >= 0.3 is 0 Å². The van der Waals surface area contributed by atoms with Crippen LogP contribution in [0, 0.1) is 10.1 Å². The summed E-state index contributed by atoms with van der Waals surface area (Å²) in [6, 6.07) is 3.89. The van der Waals surface area contributed by atoms with E-state index < -0.39 is 16.9 Å². The summed E-state index contributed by atoms with van der Waals surface area (Å²) in [5.41, 5.74) is 5.00. The molecule has 0 aliphatic rings. The van der Waals surface area contributed by atoms with Gasteiger partial charge in [-0.05, 0) is 12.5 Å². The van der Waals surface area contributed by atoms with E-state index in [0.717, 1.165) is 0 Å². The highest BCUT2D eigenvalue weighted by molar-refractivity contribution is 5.79. The molecular formula is C11H14N2O5. The second-order valence-electron chi connectivity index (χ2n) is 3.51. The molecule has 0 aliphatic carbocycles. The summed E-state index contributed by atoms with van der Waals surface area (Å²) in [5.74, 6) is -0.205. The molecule has 0 saturated heterocycles. The molecule has 0 fully saturated rings. The van der Waals surface area contributed by atoms with Crippen LogP contribution < -0.4 is 15.2 Å². The third-order valence-corrected chi connectivity index (χ3v) is 2.32. The number of amides is 1. The van der Waals surface area contributed by atoms with Crippen LogP contribution in [0.5, 0.6) is 11.5 Å². The van der Waals surface area contributed by atoms with Crippen molar-refractivity contribution >= 4 is 11.6 Å². The number of primary amides is 1. The smallest absolute Gasteiger partial charge is 0.273 e. The van der Waals surface area contributed by atoms with Crippen LogP contribution in [0.4, 0.5) is 5.69 Å². The van der Waals surface area contributed by atoms with Crippen molar-refractivity contribution in [3.05, 3.63) is 28.3 Å². The summed E-state index contributed by atoms with van der Waals surface area (Å²) in [4.78, 5) is 21.2. The summed E-state index contributed by atoms with van der Waals surface area (Å²) in [7, 11) is 1.40. The van der Waals surface area contributed by atoms with E-state index >= 15 is 0 Å². The normalized spacial score (nSPS) is 11.7. The highest BCUT2D eigenvalue weighted by Crippen LogP contribution is 2.32. The van der Waals surface area contributed by atoms with E-state index in [2.05, 4.69) is 0 Å². The summed E-state index contributed by atoms with van der Waals surface area (Å²) in [6.07, 6.45) is -0.484. The molecule has 1 aromatic rings. The highest BCUT2D eigenvalue weighted by atomic mass is 16.6. The number of rotatable bonds is 6. The van der Waals surface area contributed by atoms with Crippen LogP contribution in [0.15, 0.2) is 18.2 Å². The topological polar surface area (TPSA) is 105 Å². The van der Waals surface area contributed by atoms with E-state index in [9.17, 15) is 14.9 Å². The number of nitro groups is 1. The fourth-order valence-electron chi connectivity index (χ4n) is 1.37. The Hall–Kier alpha value is -2.31. The number of methoxy groups -OCH3 is 1. The third kappa shape index (κ3) is 3.09. The third-order valence-electron chi connectivity index (χ3n) is 2.32. The van der Waals surface area contributed by atoms with Crippen molar-refractivity contribution in [3.63, 3.8) is 0 Å². The van der Waals surface area contributed by atoms with E-state index in [0.29, 0.717) is 12.2 Å². The fourth-order valence-corrected chi connectivity index (χ4v) is 1.37. The van der Waals surface area contributed by atoms with Gasteiger partial charge < -0.3 is 15.2 Å². The van der Waals surface area contributed by atoms with Crippen LogP contribution in [-0.2, 0) is 4.79 Å². The lowest BCUT2D eigenvalue weighted by molar-refractivity contribution is -0.385. The zero-order valence-corrected chi connectivity index (χ0v) is 10.1. The Bertz CT molecular complexity index is 461. The fraction of sp³-hybridized carbons (Fsp3) is 0.364. The van der Waals surface area contributed by atoms with Crippen LogP contribution in [-0.4, -0.2) is 24.0 Å². The number of carbonyl (C=O) groups is 1. The number of hydrogen-bond acceptors (Lipinski definition) is 5. The van der Waals surface area contributed by atoms with Gasteiger partial charge in [0.25, 0.3) is 11.6 Å². The van der Waals surface area contributed by atoms with E-state index in [1.807, 2.05) is 0 Å². The minimum atomic E-state index is -0.846. The predicted octanol–water partition coefficient (Wildman–Crippen LogP) is 1.25. The second kappa shape index (κ2) is 5.85. The van der Waals surface area contributed by atoms with Gasteiger partial charge in [-0.1, -0.05) is 6.92 Å². The maximum absolute atomic E-state index is 11.1. The van der Waals surface area contributed by atoms with Gasteiger partial charge in [0, 0.05) is 6.07 Å². The van der Waals surface area contributed by atoms with Gasteiger partial charge in [0.1, 0.15) is 0 Å². The molecule has 1 aromatic carbocycles. The van der Waals surface area contributed by atoms with Gasteiger partial charge in [0.15, 0.2) is 17.6 Å². The number of benzene rings is 1. The van der Waals surface area contributed by atoms with Crippen LogP contribution in [0.3, 0.4) is 0 Å². The van der Waals surface area contributed by atoms with Gasteiger partial charge in [-0.15, -0.1) is 0 Å². The number of hydrogen-bond donors (Lipinski definition) is 1. The number of nitro benzene ring substituents is 1. The maximum atomic E-state index is 11.1. The Morgan fingerprint density at radius 1 is 1.50 bits per heavy atom. The summed E-state index contributed by atoms with van der Waals surface area (Å²) >= 11 is 0. The Balaban J connectivity index is 3.07. The van der Waals surface area contributed by atoms with Gasteiger partial charge in [-0.2, -0.15) is 0 Å². The Kier molecular flexibility index (Phi) is 4.47. The SMILES string of the molecule is CCC(Oc1cc([N+](=O)[O-])ccc1OC)C(N)=O. The molecule has 0 heterocycles. The van der Waals surface area contributed by atoms with Crippen molar-refractivity contribution in [2.75, 3.05) is 7.11 Å². The first-order valence-corrected chi connectivity index (χ1v) is 5.28. The molecule has 0 bridgehead atoms. The van der Waals surface area contributed by atoms with Crippen molar-refractivity contribution in [1.82, 2.24) is 0 Å². The quantitative estimate of drug-likeness (QED) is 0.607. The summed E-state index contributed by atoms with van der Waals surface area (Å²) < 4.78 is 10.3. The van der Waals surface area contributed by atoms with Crippen molar-refractivity contribution in [3.8, 4) is 11.5 Å². The van der Waals surface area contributed by atoms with Crippen molar-refractivity contribution in [1.29, 1.82) is 0 Å². The molecule has 1 atom stereocenters. The summed E-state index contributed by atoms with van der Waals surface area (Å²) in [5, 5.41) is 10.7. The molecule has 0 aromatic heterocycles. The van der Waals surface area contributed by atoms with Gasteiger partial charge in [-0.3, -0.25) is 14.9 Å². The standard InChI is InChI=1S/C11H14N2O5/c1-3-8(11(12)14)18-10-6-7(13(15)16)4-5-9(10)17-2/h4-6,8H,3H2,1-2H3,(H2,12,14). The molecule has 0 spiro atoms. The number of ether oxygens (including phenoxy) is 2. The van der Waals surface area contributed by atoms with Gasteiger partial charge in [0.05, 0.1) is 18.1 Å². The number of non-ortho nitro benzene ring substituents is 1. The molecule has 0 aliphatic heterocycles. The molecule has 2 N–H and O–H groups in total. The molecule has 7 nitrogen and oxygen atoms in total. The predicted molar refractivity (Wildman–Crippen MR) is 63.5 cm³/mol. The first-order chi connectivity index (χ1) is 8.49. The highest BCUT2D eigenvalue weighted by Gasteiger charge is 2.19. The molecule has 18 heavy (non-hydrogen) atoms. The van der Waals surface area contributed by atoms with Crippen molar-refractivity contribution < 1.29 is 19.2 Å². The Labute approximate surface area is 104 Å². The molecule has 1 amide bonds. The number of nitrogens with zero attached hydrogens (tertiary/aromatic N) is 1. The summed E-state index contributed by atoms with van der Waals surface area (Å²) in [6.45, 7) is 1.72. The first-order valence-electron chi connectivity index (χ1n) is 5.28. The van der Waals surface area contributed by atoms with E-state index in [4.69, 9.17) is 15.2 Å². The maximum Gasteiger partial charge on any atom is 0.273 e. The van der Waals surface area contributed by atoms with Crippen molar-refractivity contribution in [2.24, 2.45) is 5.73 Å². The van der Waals surface area contributed by atoms with E-state index in [1.165, 1.54) is 25.3 Å². The van der Waals surface area contributed by atoms with Crippen LogP contribution in [0.2, 0.25) is 0 Å². The molecular weight excluding hydrogens is 240 g/mol. The molecule has 1 unspecified atom stereocenters. The van der Waals surface area contributed by atoms with Crippen LogP contribution in [0.1, 0.15) is 13.3 Å². The zero-order valence-electron chi connectivity index (χ0n) is 10.1. The molecule has 98 valence electrons. The lowest BCUT2D eigenvalue weighted by Crippen LogP contribution is -2.33. The van der Waals surface area contributed by atoms with E-state index in [1.54, 1.807) is 6.92 Å². The number of carbonyl (C=O) groups excluding carboxylic acids is 1. The average Bonchev–Trinajstić information content (AvgIpc) is 2.35. The second-order valence-corrected chi connectivity index (χ2v) is 3.51. The molecule has 1 rings (SSSR count). The Morgan fingerprint density at radius 2 is 2.17 bits per heavy atom.